The second kappa shape index (κ2) is 5.88. The van der Waals surface area contributed by atoms with E-state index in [1.807, 2.05) is 12.5 Å². The lowest BCUT2D eigenvalue weighted by Crippen LogP contribution is -2.18. The molecule has 5 heteroatoms. The van der Waals surface area contributed by atoms with E-state index >= 15 is 0 Å². The Bertz CT molecular complexity index is 167. The molecule has 0 atom stereocenters. The third-order valence-electron chi connectivity index (χ3n) is 0.889. The van der Waals surface area contributed by atoms with Crippen LogP contribution in [0.5, 0.6) is 0 Å². The number of hydrogen-bond acceptors (Lipinski definition) is 4. The molecule has 0 radical (unpaired) electrons. The summed E-state index contributed by atoms with van der Waals surface area (Å²) in [6.07, 6.45) is 3.88. The van der Waals surface area contributed by atoms with Crippen molar-refractivity contribution < 1.29 is 19.1 Å². The minimum absolute atomic E-state index is 0.0252. The monoisotopic (exact) mass is 193 g/mol. The second-order valence-electron chi connectivity index (χ2n) is 2.40. The van der Waals surface area contributed by atoms with E-state index in [-0.39, 0.29) is 23.7 Å². The van der Waals surface area contributed by atoms with Gasteiger partial charge in [0.15, 0.2) is 0 Å². The van der Waals surface area contributed by atoms with Crippen LogP contribution in [0.25, 0.3) is 0 Å². The van der Waals surface area contributed by atoms with Crippen LogP contribution in [-0.2, 0) is 30.0 Å². The van der Waals surface area contributed by atoms with Crippen molar-refractivity contribution in [1.82, 2.24) is 0 Å². The summed E-state index contributed by atoms with van der Waals surface area (Å²) >= 11 is 0. The van der Waals surface area contributed by atoms with Gasteiger partial charge in [-0.25, -0.2) is 4.79 Å². The minimum atomic E-state index is -0.449. The van der Waals surface area contributed by atoms with Gasteiger partial charge in [0, 0.05) is 6.92 Å². The summed E-state index contributed by atoms with van der Waals surface area (Å²) in [5, 5.41) is 0. The average Bonchev–Trinajstić information content (AvgIpc) is 1.84. The molecule has 0 aliphatic heterocycles. The molecule has 0 saturated carbocycles. The molecule has 4 nitrogen and oxygen atoms in total. The standard InChI is InChI=1S/C7H13O4S/c1-6(8)10-5-11-7(9)4-12(2)3/h4-5H2,1-3H3/q+1. The van der Waals surface area contributed by atoms with Crippen molar-refractivity contribution in [3.05, 3.63) is 0 Å². The minimum Gasteiger partial charge on any atom is -0.428 e. The van der Waals surface area contributed by atoms with Gasteiger partial charge in [0.25, 0.3) is 0 Å². The van der Waals surface area contributed by atoms with Gasteiger partial charge in [-0.1, -0.05) is 0 Å². The number of carbonyl (C=O) groups is 2. The Morgan fingerprint density at radius 1 is 1.25 bits per heavy atom. The van der Waals surface area contributed by atoms with E-state index in [1.54, 1.807) is 0 Å². The number of ether oxygens (including phenoxy) is 2. The molecule has 0 spiro atoms. The molecule has 0 aliphatic rings. The van der Waals surface area contributed by atoms with Crippen molar-refractivity contribution in [2.75, 3.05) is 25.1 Å². The van der Waals surface area contributed by atoms with Crippen molar-refractivity contribution in [2.24, 2.45) is 0 Å². The van der Waals surface area contributed by atoms with Crippen LogP contribution in [0, 0.1) is 0 Å². The molecular weight excluding hydrogens is 180 g/mol. The van der Waals surface area contributed by atoms with Crippen LogP contribution in [0.2, 0.25) is 0 Å². The van der Waals surface area contributed by atoms with Crippen molar-refractivity contribution in [2.45, 2.75) is 6.92 Å². The van der Waals surface area contributed by atoms with Gasteiger partial charge in [0.1, 0.15) is 0 Å². The van der Waals surface area contributed by atoms with Crippen LogP contribution in [0.3, 0.4) is 0 Å². The number of carbonyl (C=O) groups excluding carboxylic acids is 2. The Labute approximate surface area is 74.6 Å². The maximum atomic E-state index is 10.8. The van der Waals surface area contributed by atoms with Gasteiger partial charge in [0.2, 0.25) is 12.5 Å². The predicted molar refractivity (Wildman–Crippen MR) is 46.8 cm³/mol. The first kappa shape index (κ1) is 11.3. The Balaban J connectivity index is 3.38. The zero-order valence-electron chi connectivity index (χ0n) is 7.46. The third-order valence-corrected chi connectivity index (χ3v) is 1.70. The number of rotatable bonds is 4. The van der Waals surface area contributed by atoms with Crippen LogP contribution in [0.15, 0.2) is 0 Å². The smallest absolute Gasteiger partial charge is 0.359 e. The first-order valence-electron chi connectivity index (χ1n) is 3.35. The highest BCUT2D eigenvalue weighted by Crippen LogP contribution is 1.88. The summed E-state index contributed by atoms with van der Waals surface area (Å²) in [6.45, 7) is 0.989. The quantitative estimate of drug-likeness (QED) is 0.356. The largest absolute Gasteiger partial charge is 0.428 e. The van der Waals surface area contributed by atoms with E-state index < -0.39 is 5.97 Å². The van der Waals surface area contributed by atoms with Crippen molar-refractivity contribution in [3.63, 3.8) is 0 Å². The highest BCUT2D eigenvalue weighted by molar-refractivity contribution is 7.96. The molecule has 0 aromatic heterocycles. The highest BCUT2D eigenvalue weighted by atomic mass is 32.2. The highest BCUT2D eigenvalue weighted by Gasteiger charge is 2.12. The Morgan fingerprint density at radius 3 is 2.25 bits per heavy atom. The van der Waals surface area contributed by atoms with Gasteiger partial charge >= 0.3 is 11.9 Å². The summed E-state index contributed by atoms with van der Waals surface area (Å²) in [5.74, 6) is -0.402. The lowest BCUT2D eigenvalue weighted by molar-refractivity contribution is -0.163. The normalized spacial score (nSPS) is 9.67. The molecule has 0 aromatic rings. The first-order chi connectivity index (χ1) is 5.52. The zero-order valence-corrected chi connectivity index (χ0v) is 8.27. The summed E-state index contributed by atoms with van der Waals surface area (Å²) in [4.78, 5) is 21.1. The van der Waals surface area contributed by atoms with Gasteiger partial charge in [-0.15, -0.1) is 0 Å². The molecule has 12 heavy (non-hydrogen) atoms. The second-order valence-corrected chi connectivity index (χ2v) is 4.66. The molecule has 0 saturated heterocycles. The van der Waals surface area contributed by atoms with Crippen LogP contribution >= 0.6 is 0 Å². The molecule has 0 unspecified atom stereocenters. The molecule has 0 bridgehead atoms. The average molecular weight is 193 g/mol. The fourth-order valence-corrected chi connectivity index (χ4v) is 1.01. The molecule has 0 aliphatic carbocycles. The number of hydrogen-bond donors (Lipinski definition) is 0. The first-order valence-corrected chi connectivity index (χ1v) is 5.56. The molecule has 0 aromatic carbocycles. The lowest BCUT2D eigenvalue weighted by atomic mass is 10.8. The maximum absolute atomic E-state index is 10.8. The van der Waals surface area contributed by atoms with Crippen molar-refractivity contribution in [1.29, 1.82) is 0 Å². The molecule has 0 N–H and O–H groups in total. The van der Waals surface area contributed by atoms with E-state index in [0.29, 0.717) is 5.75 Å². The molecule has 0 heterocycles. The SMILES string of the molecule is CC(=O)OCOC(=O)C[S+](C)C. The van der Waals surface area contributed by atoms with Crippen LogP contribution in [0.1, 0.15) is 6.92 Å². The lowest BCUT2D eigenvalue weighted by Gasteiger charge is -2.02. The van der Waals surface area contributed by atoms with Gasteiger partial charge in [-0.05, 0) is 10.9 Å². The summed E-state index contributed by atoms with van der Waals surface area (Å²) in [7, 11) is 0.0252. The maximum Gasteiger partial charge on any atom is 0.359 e. The van der Waals surface area contributed by atoms with Gasteiger partial charge in [-0.2, -0.15) is 0 Å². The molecule has 0 amide bonds. The zero-order chi connectivity index (χ0) is 9.56. The van der Waals surface area contributed by atoms with Crippen LogP contribution < -0.4 is 0 Å². The Hall–Kier alpha value is -0.710. The van der Waals surface area contributed by atoms with E-state index in [0.717, 1.165) is 0 Å². The van der Waals surface area contributed by atoms with Gasteiger partial charge in [0.05, 0.1) is 12.5 Å². The molecular formula is C7H13O4S+. The topological polar surface area (TPSA) is 52.6 Å². The Morgan fingerprint density at radius 2 is 1.83 bits per heavy atom. The van der Waals surface area contributed by atoms with Crippen LogP contribution in [0.4, 0.5) is 0 Å². The molecule has 0 rings (SSSR count). The summed E-state index contributed by atoms with van der Waals surface area (Å²) < 4.78 is 9.00. The summed E-state index contributed by atoms with van der Waals surface area (Å²) in [6, 6.07) is 0. The fourth-order valence-electron chi connectivity index (χ4n) is 0.456. The van der Waals surface area contributed by atoms with Gasteiger partial charge in [-0.3, -0.25) is 4.79 Å². The molecule has 70 valence electrons. The van der Waals surface area contributed by atoms with Crippen molar-refractivity contribution in [3.8, 4) is 0 Å². The Kier molecular flexibility index (Phi) is 5.53. The predicted octanol–water partition coefficient (Wildman–Crippen LogP) is -0.0719. The third kappa shape index (κ3) is 7.40. The fraction of sp³-hybridized carbons (Fsp3) is 0.714. The van der Waals surface area contributed by atoms with Crippen LogP contribution in [-0.4, -0.2) is 37.0 Å². The van der Waals surface area contributed by atoms with E-state index in [2.05, 4.69) is 9.47 Å². The summed E-state index contributed by atoms with van der Waals surface area (Å²) in [5.41, 5.74) is 0. The molecule has 0 fully saturated rings. The number of esters is 2. The van der Waals surface area contributed by atoms with E-state index in [1.165, 1.54) is 6.92 Å². The van der Waals surface area contributed by atoms with E-state index in [4.69, 9.17) is 0 Å². The van der Waals surface area contributed by atoms with Crippen molar-refractivity contribution >= 4 is 22.8 Å². The van der Waals surface area contributed by atoms with E-state index in [9.17, 15) is 9.59 Å². The van der Waals surface area contributed by atoms with Gasteiger partial charge < -0.3 is 9.47 Å².